The lowest BCUT2D eigenvalue weighted by atomic mass is 9.84. The monoisotopic (exact) mass is 455 g/mol. The molecule has 1 saturated heterocycles. The standard InChI is InChI=1S/C21H18BrN3O4/c1-29-16-10-6-14(7-11-16)21(26)20-18(13-4-8-15(22)9-5-13)19(25(27)28)17-3-2-12-23-24(17)20/h2-12,17-20H,1H3/t17-,18-,19-,20+/m1/s1. The largest absolute Gasteiger partial charge is 0.497 e. The lowest BCUT2D eigenvalue weighted by Gasteiger charge is -2.27. The van der Waals surface area contributed by atoms with Gasteiger partial charge in [0.25, 0.3) is 0 Å². The molecule has 0 amide bonds. The van der Waals surface area contributed by atoms with Crippen molar-refractivity contribution in [2.45, 2.75) is 24.0 Å². The fourth-order valence-electron chi connectivity index (χ4n) is 4.07. The number of benzene rings is 2. The number of methoxy groups -OCH3 is 1. The molecule has 2 heterocycles. The van der Waals surface area contributed by atoms with E-state index in [0.29, 0.717) is 11.3 Å². The van der Waals surface area contributed by atoms with E-state index in [2.05, 4.69) is 21.0 Å². The number of fused-ring (bicyclic) bond motifs is 1. The van der Waals surface area contributed by atoms with Crippen LogP contribution in [0.3, 0.4) is 0 Å². The number of hydrogen-bond donors (Lipinski definition) is 0. The molecule has 2 aromatic carbocycles. The highest BCUT2D eigenvalue weighted by atomic mass is 79.9. The highest BCUT2D eigenvalue weighted by Crippen LogP contribution is 2.42. The van der Waals surface area contributed by atoms with E-state index in [0.717, 1.165) is 10.0 Å². The highest BCUT2D eigenvalue weighted by Gasteiger charge is 2.58. The molecular formula is C21H18BrN3O4. The maximum Gasteiger partial charge on any atom is 0.247 e. The third-order valence-corrected chi connectivity index (χ3v) is 5.91. The Bertz CT molecular complexity index is 988. The Balaban J connectivity index is 1.81. The average Bonchev–Trinajstić information content (AvgIpc) is 3.09. The first-order chi connectivity index (χ1) is 14.0. The normalized spacial score (nSPS) is 25.0. The van der Waals surface area contributed by atoms with Crippen LogP contribution < -0.4 is 4.74 Å². The number of nitro groups is 1. The van der Waals surface area contributed by atoms with Gasteiger partial charge in [-0.15, -0.1) is 0 Å². The zero-order valence-electron chi connectivity index (χ0n) is 15.5. The summed E-state index contributed by atoms with van der Waals surface area (Å²) in [4.78, 5) is 25.3. The molecule has 0 spiro atoms. The van der Waals surface area contributed by atoms with Crippen LogP contribution in [0.1, 0.15) is 21.8 Å². The smallest absolute Gasteiger partial charge is 0.247 e. The van der Waals surface area contributed by atoms with Gasteiger partial charge in [-0.3, -0.25) is 19.9 Å². The molecule has 2 aliphatic rings. The second-order valence-electron chi connectivity index (χ2n) is 6.91. The van der Waals surface area contributed by atoms with Gasteiger partial charge in [0.05, 0.1) is 13.0 Å². The van der Waals surface area contributed by atoms with E-state index in [1.165, 1.54) is 0 Å². The minimum Gasteiger partial charge on any atom is -0.497 e. The summed E-state index contributed by atoms with van der Waals surface area (Å²) in [5.74, 6) is -0.211. The maximum absolute atomic E-state index is 13.5. The van der Waals surface area contributed by atoms with Gasteiger partial charge in [0.2, 0.25) is 6.04 Å². The summed E-state index contributed by atoms with van der Waals surface area (Å²) >= 11 is 3.40. The summed E-state index contributed by atoms with van der Waals surface area (Å²) in [5, 5.41) is 18.0. The zero-order valence-corrected chi connectivity index (χ0v) is 17.1. The Hall–Kier alpha value is -3.00. The predicted molar refractivity (Wildman–Crippen MR) is 112 cm³/mol. The molecule has 0 aromatic heterocycles. The van der Waals surface area contributed by atoms with Crippen molar-refractivity contribution in [2.24, 2.45) is 5.10 Å². The highest BCUT2D eigenvalue weighted by molar-refractivity contribution is 9.10. The van der Waals surface area contributed by atoms with E-state index in [1.54, 1.807) is 54.8 Å². The first-order valence-electron chi connectivity index (χ1n) is 9.07. The molecule has 2 aromatic rings. The van der Waals surface area contributed by atoms with Gasteiger partial charge in [-0.2, -0.15) is 5.10 Å². The van der Waals surface area contributed by atoms with Crippen LogP contribution >= 0.6 is 15.9 Å². The van der Waals surface area contributed by atoms with Crippen LogP contribution in [0.2, 0.25) is 0 Å². The van der Waals surface area contributed by atoms with Gasteiger partial charge in [-0.05, 0) is 48.0 Å². The summed E-state index contributed by atoms with van der Waals surface area (Å²) in [6, 6.07) is 11.7. The van der Waals surface area contributed by atoms with Gasteiger partial charge < -0.3 is 4.74 Å². The van der Waals surface area contributed by atoms with Crippen molar-refractivity contribution in [1.29, 1.82) is 0 Å². The number of carbonyl (C=O) groups excluding carboxylic acids is 1. The molecule has 0 unspecified atom stereocenters. The third-order valence-electron chi connectivity index (χ3n) is 5.38. The molecule has 4 rings (SSSR count). The molecule has 1 fully saturated rings. The Labute approximate surface area is 175 Å². The van der Waals surface area contributed by atoms with E-state index in [-0.39, 0.29) is 10.7 Å². The van der Waals surface area contributed by atoms with Gasteiger partial charge in [0, 0.05) is 21.2 Å². The first-order valence-corrected chi connectivity index (χ1v) is 9.87. The van der Waals surface area contributed by atoms with Crippen molar-refractivity contribution in [3.8, 4) is 5.75 Å². The van der Waals surface area contributed by atoms with Crippen molar-refractivity contribution in [3.63, 3.8) is 0 Å². The molecular weight excluding hydrogens is 438 g/mol. The van der Waals surface area contributed by atoms with Gasteiger partial charge in [0.1, 0.15) is 17.8 Å². The lowest BCUT2D eigenvalue weighted by molar-refractivity contribution is -0.525. The fourth-order valence-corrected chi connectivity index (χ4v) is 4.33. The molecule has 2 aliphatic heterocycles. The van der Waals surface area contributed by atoms with Gasteiger partial charge in [-0.1, -0.05) is 34.1 Å². The Kier molecular flexibility index (Phi) is 5.19. The molecule has 4 atom stereocenters. The Morgan fingerprint density at radius 2 is 1.86 bits per heavy atom. The number of ketones is 1. The molecule has 0 saturated carbocycles. The number of hydrogen-bond acceptors (Lipinski definition) is 6. The van der Waals surface area contributed by atoms with Crippen molar-refractivity contribution in [1.82, 2.24) is 5.01 Å². The number of carbonyl (C=O) groups is 1. The van der Waals surface area contributed by atoms with E-state index in [4.69, 9.17) is 4.74 Å². The molecule has 7 nitrogen and oxygen atoms in total. The van der Waals surface area contributed by atoms with Gasteiger partial charge in [-0.25, -0.2) is 0 Å². The molecule has 148 valence electrons. The molecule has 0 radical (unpaired) electrons. The number of ether oxygens (including phenoxy) is 1. The van der Waals surface area contributed by atoms with E-state index in [1.807, 2.05) is 24.3 Å². The van der Waals surface area contributed by atoms with Crippen molar-refractivity contribution in [2.75, 3.05) is 7.11 Å². The fraction of sp³-hybridized carbons (Fsp3) is 0.238. The maximum atomic E-state index is 13.5. The topological polar surface area (TPSA) is 85.0 Å². The Morgan fingerprint density at radius 3 is 2.48 bits per heavy atom. The van der Waals surface area contributed by atoms with Crippen molar-refractivity contribution < 1.29 is 14.5 Å². The second kappa shape index (κ2) is 7.79. The van der Waals surface area contributed by atoms with E-state index in [9.17, 15) is 14.9 Å². The number of hydrazone groups is 1. The third kappa shape index (κ3) is 3.44. The number of halogens is 1. The first kappa shape index (κ1) is 19.3. The minimum absolute atomic E-state index is 0.206. The lowest BCUT2D eigenvalue weighted by Crippen LogP contribution is -2.40. The number of rotatable bonds is 5. The van der Waals surface area contributed by atoms with Crippen LogP contribution in [0.4, 0.5) is 0 Å². The summed E-state index contributed by atoms with van der Waals surface area (Å²) in [5.41, 5.74) is 1.20. The van der Waals surface area contributed by atoms with Gasteiger partial charge >= 0.3 is 0 Å². The van der Waals surface area contributed by atoms with Crippen LogP contribution in [-0.4, -0.2) is 47.2 Å². The molecule has 0 N–H and O–H groups in total. The predicted octanol–water partition coefficient (Wildman–Crippen LogP) is 3.68. The zero-order chi connectivity index (χ0) is 20.5. The molecule has 29 heavy (non-hydrogen) atoms. The van der Waals surface area contributed by atoms with E-state index >= 15 is 0 Å². The minimum atomic E-state index is -0.989. The van der Waals surface area contributed by atoms with Gasteiger partial charge in [0.15, 0.2) is 5.78 Å². The molecule has 8 heteroatoms. The van der Waals surface area contributed by atoms with Crippen molar-refractivity contribution in [3.05, 3.63) is 86.4 Å². The average molecular weight is 456 g/mol. The van der Waals surface area contributed by atoms with Crippen LogP contribution in [0.5, 0.6) is 5.75 Å². The SMILES string of the molecule is COc1ccc(C(=O)[C@@H]2[C@H](c3ccc(Br)cc3)[C@H]([N+](=O)[O-])[C@H]3C=CC=NN32)cc1. The van der Waals surface area contributed by atoms with Crippen LogP contribution in [0, 0.1) is 10.1 Å². The summed E-state index contributed by atoms with van der Waals surface area (Å²) in [7, 11) is 1.55. The second-order valence-corrected chi connectivity index (χ2v) is 7.83. The molecule has 0 aliphatic carbocycles. The molecule has 0 bridgehead atoms. The summed E-state index contributed by atoms with van der Waals surface area (Å²) in [6.07, 6.45) is 5.00. The summed E-state index contributed by atoms with van der Waals surface area (Å²) in [6.45, 7) is 0. The number of nitrogens with zero attached hydrogens (tertiary/aromatic N) is 3. The van der Waals surface area contributed by atoms with Crippen LogP contribution in [0.25, 0.3) is 0 Å². The number of Topliss-reactive ketones (excluding diaryl/α,β-unsaturated/α-hetero) is 1. The summed E-state index contributed by atoms with van der Waals surface area (Å²) < 4.78 is 6.03. The van der Waals surface area contributed by atoms with Crippen molar-refractivity contribution >= 4 is 27.9 Å². The van der Waals surface area contributed by atoms with Crippen LogP contribution in [0.15, 0.2) is 70.3 Å². The quantitative estimate of drug-likeness (QED) is 0.390. The number of allylic oxidation sites excluding steroid dienone is 1. The van der Waals surface area contributed by atoms with E-state index < -0.39 is 24.0 Å². The van der Waals surface area contributed by atoms with Crippen LogP contribution in [-0.2, 0) is 0 Å². The Morgan fingerprint density at radius 1 is 1.17 bits per heavy atom.